The van der Waals surface area contributed by atoms with Crippen LogP contribution in [-0.2, 0) is 23.9 Å². The number of ketones is 1. The van der Waals surface area contributed by atoms with Crippen LogP contribution < -0.4 is 0 Å². The zero-order chi connectivity index (χ0) is 9.14. The van der Waals surface area contributed by atoms with Crippen LogP contribution in [0.5, 0.6) is 0 Å². The molecule has 0 radical (unpaired) electrons. The molecule has 0 aromatic heterocycles. The number of ether oxygens (including phenoxy) is 2. The van der Waals surface area contributed by atoms with Crippen molar-refractivity contribution < 1.29 is 23.9 Å². The maximum absolute atomic E-state index is 10.9. The molecule has 1 saturated heterocycles. The SMILES string of the molecule is COC(=O)CC1OC(=O)CC1=O. The molecule has 1 heterocycles. The van der Waals surface area contributed by atoms with Crippen LogP contribution in [0.2, 0.25) is 0 Å². The Hall–Kier alpha value is -1.39. The van der Waals surface area contributed by atoms with Gasteiger partial charge >= 0.3 is 11.9 Å². The molecule has 0 aliphatic carbocycles. The normalized spacial score (nSPS) is 22.2. The van der Waals surface area contributed by atoms with E-state index in [1.54, 1.807) is 0 Å². The van der Waals surface area contributed by atoms with Gasteiger partial charge in [0.1, 0.15) is 6.42 Å². The summed E-state index contributed by atoms with van der Waals surface area (Å²) in [5.41, 5.74) is 0. The Kier molecular flexibility index (Phi) is 2.42. The van der Waals surface area contributed by atoms with Crippen LogP contribution in [0.4, 0.5) is 0 Å². The predicted octanol–water partition coefficient (Wildman–Crippen LogP) is -0.566. The highest BCUT2D eigenvalue weighted by Gasteiger charge is 2.34. The summed E-state index contributed by atoms with van der Waals surface area (Å²) in [6.07, 6.45) is -1.34. The quantitative estimate of drug-likeness (QED) is 0.412. The first-order chi connectivity index (χ1) is 5.63. The molecule has 0 saturated carbocycles. The number of hydrogen-bond acceptors (Lipinski definition) is 5. The van der Waals surface area contributed by atoms with Crippen molar-refractivity contribution in [3.8, 4) is 0 Å². The molecule has 1 rings (SSSR count). The van der Waals surface area contributed by atoms with Crippen molar-refractivity contribution in [2.75, 3.05) is 7.11 Å². The Morgan fingerprint density at radius 3 is 2.75 bits per heavy atom. The van der Waals surface area contributed by atoms with E-state index in [0.717, 1.165) is 0 Å². The van der Waals surface area contributed by atoms with Gasteiger partial charge < -0.3 is 9.47 Å². The van der Waals surface area contributed by atoms with Crippen molar-refractivity contribution in [3.05, 3.63) is 0 Å². The van der Waals surface area contributed by atoms with Crippen molar-refractivity contribution in [1.29, 1.82) is 0 Å². The fraction of sp³-hybridized carbons (Fsp3) is 0.571. The number of cyclic esters (lactones) is 1. The molecule has 0 aromatic rings. The molecule has 0 bridgehead atoms. The van der Waals surface area contributed by atoms with Crippen LogP contribution in [0.15, 0.2) is 0 Å². The van der Waals surface area contributed by atoms with E-state index in [1.165, 1.54) is 7.11 Å². The largest absolute Gasteiger partial charge is 0.469 e. The van der Waals surface area contributed by atoms with Gasteiger partial charge in [-0.3, -0.25) is 14.4 Å². The summed E-state index contributed by atoms with van der Waals surface area (Å²) in [5.74, 6) is -1.48. The average molecular weight is 172 g/mol. The van der Waals surface area contributed by atoms with E-state index in [0.29, 0.717) is 0 Å². The Bertz CT molecular complexity index is 232. The number of carbonyl (C=O) groups is 3. The first kappa shape index (κ1) is 8.70. The third kappa shape index (κ3) is 1.81. The van der Waals surface area contributed by atoms with Crippen LogP contribution in [0.3, 0.4) is 0 Å². The van der Waals surface area contributed by atoms with E-state index in [4.69, 9.17) is 0 Å². The first-order valence-corrected chi connectivity index (χ1v) is 3.42. The van der Waals surface area contributed by atoms with Crippen LogP contribution in [0.1, 0.15) is 12.8 Å². The minimum absolute atomic E-state index is 0.179. The highest BCUT2D eigenvalue weighted by Crippen LogP contribution is 2.13. The van der Waals surface area contributed by atoms with Gasteiger partial charge in [-0.1, -0.05) is 0 Å². The van der Waals surface area contributed by atoms with Gasteiger partial charge in [0.05, 0.1) is 13.5 Å². The molecule has 1 unspecified atom stereocenters. The summed E-state index contributed by atoms with van der Waals surface area (Å²) >= 11 is 0. The van der Waals surface area contributed by atoms with Crippen molar-refractivity contribution >= 4 is 17.7 Å². The summed E-state index contributed by atoms with van der Waals surface area (Å²) in [6, 6.07) is 0. The maximum Gasteiger partial charge on any atom is 0.314 e. The van der Waals surface area contributed by atoms with E-state index >= 15 is 0 Å². The molecule has 12 heavy (non-hydrogen) atoms. The molecular formula is C7H8O5. The summed E-state index contributed by atoms with van der Waals surface area (Å²) in [4.78, 5) is 32.1. The topological polar surface area (TPSA) is 69.7 Å². The Labute approximate surface area is 68.6 Å². The van der Waals surface area contributed by atoms with Crippen molar-refractivity contribution in [1.82, 2.24) is 0 Å². The lowest BCUT2D eigenvalue weighted by Crippen LogP contribution is -2.20. The van der Waals surface area contributed by atoms with Gasteiger partial charge in [-0.15, -0.1) is 0 Å². The second kappa shape index (κ2) is 3.34. The molecule has 1 fully saturated rings. The fourth-order valence-corrected chi connectivity index (χ4v) is 0.912. The smallest absolute Gasteiger partial charge is 0.314 e. The highest BCUT2D eigenvalue weighted by atomic mass is 16.6. The standard InChI is InChI=1S/C7H8O5/c1-11-6(9)3-5-4(8)2-7(10)12-5/h5H,2-3H2,1H3. The summed E-state index contributed by atoms with van der Waals surface area (Å²) in [5, 5.41) is 0. The number of esters is 2. The van der Waals surface area contributed by atoms with Gasteiger partial charge in [-0.2, -0.15) is 0 Å². The second-order valence-corrected chi connectivity index (χ2v) is 2.40. The number of carbonyl (C=O) groups excluding carboxylic acids is 3. The molecular weight excluding hydrogens is 164 g/mol. The predicted molar refractivity (Wildman–Crippen MR) is 36.1 cm³/mol. The summed E-state index contributed by atoms with van der Waals surface area (Å²) in [6.45, 7) is 0. The number of methoxy groups -OCH3 is 1. The van der Waals surface area contributed by atoms with Gasteiger partial charge in [-0.25, -0.2) is 0 Å². The van der Waals surface area contributed by atoms with Gasteiger partial charge in [-0.05, 0) is 0 Å². The van der Waals surface area contributed by atoms with Crippen LogP contribution in [0, 0.1) is 0 Å². The third-order valence-electron chi connectivity index (χ3n) is 1.53. The minimum atomic E-state index is -0.926. The molecule has 0 aromatic carbocycles. The lowest BCUT2D eigenvalue weighted by atomic mass is 10.1. The Balaban J connectivity index is 2.48. The zero-order valence-corrected chi connectivity index (χ0v) is 6.53. The van der Waals surface area contributed by atoms with Gasteiger partial charge in [0.2, 0.25) is 0 Å². The molecule has 0 amide bonds. The van der Waals surface area contributed by atoms with E-state index in [-0.39, 0.29) is 18.6 Å². The zero-order valence-electron chi connectivity index (χ0n) is 6.53. The number of Topliss-reactive ketones (excluding diaryl/α,β-unsaturated/α-hetero) is 1. The molecule has 1 aliphatic rings. The highest BCUT2D eigenvalue weighted by molar-refractivity contribution is 6.04. The molecule has 1 aliphatic heterocycles. The second-order valence-electron chi connectivity index (χ2n) is 2.40. The number of rotatable bonds is 2. The summed E-state index contributed by atoms with van der Waals surface area (Å²) < 4.78 is 8.87. The van der Waals surface area contributed by atoms with E-state index in [1.807, 2.05) is 0 Å². The van der Waals surface area contributed by atoms with Gasteiger partial charge in [0.15, 0.2) is 11.9 Å². The van der Waals surface area contributed by atoms with E-state index in [2.05, 4.69) is 9.47 Å². The van der Waals surface area contributed by atoms with E-state index in [9.17, 15) is 14.4 Å². The summed E-state index contributed by atoms with van der Waals surface area (Å²) in [7, 11) is 1.21. The monoisotopic (exact) mass is 172 g/mol. The van der Waals surface area contributed by atoms with E-state index < -0.39 is 18.0 Å². The Morgan fingerprint density at radius 2 is 2.33 bits per heavy atom. The lowest BCUT2D eigenvalue weighted by Gasteiger charge is -2.04. The molecule has 0 spiro atoms. The van der Waals surface area contributed by atoms with Gasteiger partial charge in [0, 0.05) is 0 Å². The average Bonchev–Trinajstić information content (AvgIpc) is 2.30. The van der Waals surface area contributed by atoms with Gasteiger partial charge in [0.25, 0.3) is 0 Å². The molecule has 0 N–H and O–H groups in total. The van der Waals surface area contributed by atoms with Crippen molar-refractivity contribution in [2.45, 2.75) is 18.9 Å². The Morgan fingerprint density at radius 1 is 1.67 bits per heavy atom. The van der Waals surface area contributed by atoms with Crippen molar-refractivity contribution in [2.24, 2.45) is 0 Å². The van der Waals surface area contributed by atoms with Crippen molar-refractivity contribution in [3.63, 3.8) is 0 Å². The first-order valence-electron chi connectivity index (χ1n) is 3.42. The lowest BCUT2D eigenvalue weighted by molar-refractivity contribution is -0.149. The molecule has 5 heteroatoms. The van der Waals surface area contributed by atoms with Crippen LogP contribution in [-0.4, -0.2) is 30.9 Å². The minimum Gasteiger partial charge on any atom is -0.469 e. The fourth-order valence-electron chi connectivity index (χ4n) is 0.912. The van der Waals surface area contributed by atoms with Crippen LogP contribution in [0.25, 0.3) is 0 Å². The third-order valence-corrected chi connectivity index (χ3v) is 1.53. The maximum atomic E-state index is 10.9. The number of hydrogen-bond donors (Lipinski definition) is 0. The van der Waals surface area contributed by atoms with Crippen LogP contribution >= 0.6 is 0 Å². The molecule has 5 nitrogen and oxygen atoms in total. The molecule has 66 valence electrons. The molecule has 1 atom stereocenters.